The van der Waals surface area contributed by atoms with Crippen LogP contribution in [0.2, 0.25) is 0 Å². The number of anilines is 3. The Bertz CT molecular complexity index is 800. The van der Waals surface area contributed by atoms with Crippen LogP contribution in [0.3, 0.4) is 0 Å². The van der Waals surface area contributed by atoms with E-state index in [0.717, 1.165) is 34.6 Å². The van der Waals surface area contributed by atoms with Crippen LogP contribution in [0.4, 0.5) is 17.1 Å². The maximum absolute atomic E-state index is 12.2. The summed E-state index contributed by atoms with van der Waals surface area (Å²) < 4.78 is 0. The Balaban J connectivity index is 1.97. The van der Waals surface area contributed by atoms with E-state index in [1.54, 1.807) is 0 Å². The quantitative estimate of drug-likeness (QED) is 0.691. The average Bonchev–Trinajstić information content (AvgIpc) is 2.59. The highest BCUT2D eigenvalue weighted by Crippen LogP contribution is 2.23. The van der Waals surface area contributed by atoms with Gasteiger partial charge in [-0.1, -0.05) is 19.1 Å². The third-order valence-electron chi connectivity index (χ3n) is 4.32. The predicted molar refractivity (Wildman–Crippen MR) is 108 cm³/mol. The summed E-state index contributed by atoms with van der Waals surface area (Å²) in [6.45, 7) is 8.10. The summed E-state index contributed by atoms with van der Waals surface area (Å²) in [4.78, 5) is 24.0. The number of carbonyl (C=O) groups excluding carboxylic acids is 2. The first-order chi connectivity index (χ1) is 12.4. The van der Waals surface area contributed by atoms with Crippen LogP contribution < -0.4 is 16.0 Å². The van der Waals surface area contributed by atoms with Crippen molar-refractivity contribution in [3.63, 3.8) is 0 Å². The molecule has 0 heterocycles. The van der Waals surface area contributed by atoms with Crippen LogP contribution in [0.15, 0.2) is 36.4 Å². The van der Waals surface area contributed by atoms with Gasteiger partial charge in [-0.15, -0.1) is 0 Å². The topological polar surface area (TPSA) is 70.2 Å². The van der Waals surface area contributed by atoms with E-state index < -0.39 is 0 Å². The lowest BCUT2D eigenvalue weighted by atomic mass is 10.1. The van der Waals surface area contributed by atoms with Crippen molar-refractivity contribution in [1.29, 1.82) is 0 Å². The molecule has 0 fully saturated rings. The van der Waals surface area contributed by atoms with Crippen molar-refractivity contribution in [2.45, 2.75) is 40.5 Å². The number of carbonyl (C=O) groups is 2. The highest BCUT2D eigenvalue weighted by Gasteiger charge is 2.09. The van der Waals surface area contributed by atoms with Crippen LogP contribution in [-0.2, 0) is 9.59 Å². The lowest BCUT2D eigenvalue weighted by molar-refractivity contribution is -0.116. The first-order valence-corrected chi connectivity index (χ1v) is 8.91. The minimum Gasteiger partial charge on any atom is -0.376 e. The minimum atomic E-state index is -0.118. The van der Waals surface area contributed by atoms with Crippen molar-refractivity contribution < 1.29 is 9.59 Å². The Morgan fingerprint density at radius 1 is 0.885 bits per heavy atom. The van der Waals surface area contributed by atoms with Gasteiger partial charge in [0.25, 0.3) is 0 Å². The van der Waals surface area contributed by atoms with E-state index in [0.29, 0.717) is 6.42 Å². The summed E-state index contributed by atoms with van der Waals surface area (Å²) in [5.74, 6) is -0.117. The van der Waals surface area contributed by atoms with Gasteiger partial charge in [0.15, 0.2) is 0 Å². The van der Waals surface area contributed by atoms with E-state index >= 15 is 0 Å². The smallest absolute Gasteiger partial charge is 0.243 e. The van der Waals surface area contributed by atoms with Gasteiger partial charge < -0.3 is 16.0 Å². The third-order valence-corrected chi connectivity index (χ3v) is 4.32. The number of rotatable bonds is 7. The Labute approximate surface area is 155 Å². The van der Waals surface area contributed by atoms with Crippen molar-refractivity contribution in [3.05, 3.63) is 53.1 Å². The summed E-state index contributed by atoms with van der Waals surface area (Å²) in [5, 5.41) is 8.94. The second-order valence-electron chi connectivity index (χ2n) is 6.48. The van der Waals surface area contributed by atoms with E-state index in [1.807, 2.05) is 64.1 Å². The number of hydrogen-bond acceptors (Lipinski definition) is 3. The summed E-state index contributed by atoms with van der Waals surface area (Å²) in [7, 11) is 0. The fourth-order valence-corrected chi connectivity index (χ4v) is 2.60. The minimum absolute atomic E-state index is 0.000217. The molecule has 2 rings (SSSR count). The molecule has 3 N–H and O–H groups in total. The molecule has 0 aromatic heterocycles. The molecular formula is C21H27N3O2. The molecule has 0 spiro atoms. The van der Waals surface area contributed by atoms with Gasteiger partial charge in [-0.05, 0) is 68.1 Å². The van der Waals surface area contributed by atoms with E-state index in [-0.39, 0.29) is 18.4 Å². The second kappa shape index (κ2) is 9.04. The molecule has 2 aromatic rings. The second-order valence-corrected chi connectivity index (χ2v) is 6.48. The average molecular weight is 353 g/mol. The molecule has 2 amide bonds. The maximum Gasteiger partial charge on any atom is 0.243 e. The number of benzene rings is 2. The van der Waals surface area contributed by atoms with Gasteiger partial charge in [0.05, 0.1) is 6.54 Å². The molecule has 138 valence electrons. The van der Waals surface area contributed by atoms with Crippen LogP contribution >= 0.6 is 0 Å². The number of aryl methyl sites for hydroxylation is 2. The van der Waals surface area contributed by atoms with Gasteiger partial charge in [-0.3, -0.25) is 9.59 Å². The van der Waals surface area contributed by atoms with Crippen LogP contribution in [0.25, 0.3) is 0 Å². The monoisotopic (exact) mass is 353 g/mol. The molecule has 0 bridgehead atoms. The highest BCUT2D eigenvalue weighted by atomic mass is 16.2. The molecule has 0 saturated heterocycles. The van der Waals surface area contributed by atoms with E-state index in [9.17, 15) is 9.59 Å². The maximum atomic E-state index is 12.2. The first kappa shape index (κ1) is 19.5. The summed E-state index contributed by atoms with van der Waals surface area (Å²) in [6.07, 6.45) is 1.30. The zero-order chi connectivity index (χ0) is 19.1. The molecule has 0 atom stereocenters. The van der Waals surface area contributed by atoms with Crippen LogP contribution in [0.1, 0.15) is 36.5 Å². The molecule has 0 radical (unpaired) electrons. The molecule has 26 heavy (non-hydrogen) atoms. The molecule has 0 aliphatic heterocycles. The zero-order valence-corrected chi connectivity index (χ0v) is 15.9. The molecule has 5 nitrogen and oxygen atoms in total. The van der Waals surface area contributed by atoms with Gasteiger partial charge in [-0.25, -0.2) is 0 Å². The molecule has 2 aromatic carbocycles. The van der Waals surface area contributed by atoms with Crippen molar-refractivity contribution in [1.82, 2.24) is 0 Å². The fraction of sp³-hybridized carbons (Fsp3) is 0.333. The normalized spacial score (nSPS) is 10.3. The molecule has 0 unspecified atom stereocenters. The largest absolute Gasteiger partial charge is 0.376 e. The van der Waals surface area contributed by atoms with Crippen molar-refractivity contribution in [2.75, 3.05) is 22.5 Å². The zero-order valence-electron chi connectivity index (χ0n) is 15.9. The fourth-order valence-electron chi connectivity index (χ4n) is 2.60. The number of amides is 2. The Morgan fingerprint density at radius 2 is 1.62 bits per heavy atom. The Kier molecular flexibility index (Phi) is 6.78. The standard InChI is InChI=1S/C21H27N3O2/c1-5-7-20(25)24-19-9-6-8-18(16(19)4)22-13-21(26)23-17-11-10-14(2)15(3)12-17/h6,8-12,22H,5,7,13H2,1-4H3,(H,23,26)(H,24,25). The first-order valence-electron chi connectivity index (χ1n) is 8.91. The number of hydrogen-bond donors (Lipinski definition) is 3. The van der Waals surface area contributed by atoms with Crippen LogP contribution in [0, 0.1) is 20.8 Å². The van der Waals surface area contributed by atoms with Gasteiger partial charge in [0, 0.05) is 23.5 Å². The molecule has 0 aliphatic carbocycles. The van der Waals surface area contributed by atoms with Gasteiger partial charge >= 0.3 is 0 Å². The van der Waals surface area contributed by atoms with Crippen molar-refractivity contribution in [2.24, 2.45) is 0 Å². The highest BCUT2D eigenvalue weighted by molar-refractivity contribution is 5.95. The van der Waals surface area contributed by atoms with Gasteiger partial charge in [0.2, 0.25) is 11.8 Å². The summed E-state index contributed by atoms with van der Waals surface area (Å²) in [5.41, 5.74) is 5.63. The Hall–Kier alpha value is -2.82. The lowest BCUT2D eigenvalue weighted by Crippen LogP contribution is -2.22. The summed E-state index contributed by atoms with van der Waals surface area (Å²) in [6, 6.07) is 11.5. The molecule has 5 heteroatoms. The van der Waals surface area contributed by atoms with E-state index in [4.69, 9.17) is 0 Å². The van der Waals surface area contributed by atoms with Crippen molar-refractivity contribution in [3.8, 4) is 0 Å². The summed E-state index contributed by atoms with van der Waals surface area (Å²) >= 11 is 0. The van der Waals surface area contributed by atoms with E-state index in [1.165, 1.54) is 5.56 Å². The van der Waals surface area contributed by atoms with Crippen LogP contribution in [0.5, 0.6) is 0 Å². The Morgan fingerprint density at radius 3 is 2.31 bits per heavy atom. The van der Waals surface area contributed by atoms with Gasteiger partial charge in [0.1, 0.15) is 0 Å². The molecule has 0 saturated carbocycles. The lowest BCUT2D eigenvalue weighted by Gasteiger charge is -2.14. The van der Waals surface area contributed by atoms with Crippen molar-refractivity contribution >= 4 is 28.9 Å². The molecule has 0 aliphatic rings. The third kappa shape index (κ3) is 5.34. The predicted octanol–water partition coefficient (Wildman–Crippen LogP) is 4.40. The van der Waals surface area contributed by atoms with Crippen LogP contribution in [-0.4, -0.2) is 18.4 Å². The van der Waals surface area contributed by atoms with E-state index in [2.05, 4.69) is 16.0 Å². The molecular weight excluding hydrogens is 326 g/mol. The number of nitrogens with one attached hydrogen (secondary N) is 3. The van der Waals surface area contributed by atoms with Gasteiger partial charge in [-0.2, -0.15) is 0 Å². The SMILES string of the molecule is CCCC(=O)Nc1cccc(NCC(=O)Nc2ccc(C)c(C)c2)c1C.